The SMILES string of the molecule is CS(=O)(=O)CCNCc1ccc(-c2cc3nccc(Oc4ccc(NC(=O)N5CCN(c6ccccc6)C5=O)cc4F)c3s2)cc1. The molecule has 0 atom stereocenters. The number of imide groups is 1. The van der Waals surface area contributed by atoms with Gasteiger partial charge in [0.1, 0.15) is 15.6 Å². The number of hydrogen-bond acceptors (Lipinski definition) is 8. The third-order valence-electron chi connectivity index (χ3n) is 7.32. The second-order valence-electron chi connectivity index (χ2n) is 10.7. The van der Waals surface area contributed by atoms with Gasteiger partial charge in [-0.15, -0.1) is 11.3 Å². The summed E-state index contributed by atoms with van der Waals surface area (Å²) in [6.07, 6.45) is 2.81. The number of nitrogens with one attached hydrogen (secondary N) is 2. The summed E-state index contributed by atoms with van der Waals surface area (Å²) in [6, 6.07) is 23.6. The Labute approximate surface area is 269 Å². The Morgan fingerprint density at radius 3 is 2.52 bits per heavy atom. The fourth-order valence-corrected chi connectivity index (χ4v) is 6.54. The number of carbonyl (C=O) groups is 2. The van der Waals surface area contributed by atoms with Gasteiger partial charge in [0.05, 0.1) is 22.5 Å². The average molecular weight is 660 g/mol. The van der Waals surface area contributed by atoms with Gasteiger partial charge in [0.2, 0.25) is 0 Å². The molecule has 10 nitrogen and oxygen atoms in total. The van der Waals surface area contributed by atoms with Crippen LogP contribution in [0, 0.1) is 5.82 Å². The molecule has 3 heterocycles. The molecular weight excluding hydrogens is 630 g/mol. The van der Waals surface area contributed by atoms with Gasteiger partial charge in [0.25, 0.3) is 0 Å². The summed E-state index contributed by atoms with van der Waals surface area (Å²) in [5, 5.41) is 5.74. The van der Waals surface area contributed by atoms with Crippen molar-refractivity contribution in [1.29, 1.82) is 0 Å². The Kier molecular flexibility index (Phi) is 8.97. The van der Waals surface area contributed by atoms with E-state index < -0.39 is 27.7 Å². The van der Waals surface area contributed by atoms with Crippen molar-refractivity contribution in [1.82, 2.24) is 15.2 Å². The van der Waals surface area contributed by atoms with Crippen molar-refractivity contribution in [3.63, 3.8) is 0 Å². The van der Waals surface area contributed by atoms with Crippen molar-refractivity contribution in [3.05, 3.63) is 103 Å². The molecule has 46 heavy (non-hydrogen) atoms. The molecule has 2 aromatic heterocycles. The van der Waals surface area contributed by atoms with E-state index in [9.17, 15) is 18.0 Å². The predicted octanol–water partition coefficient (Wildman–Crippen LogP) is 6.50. The molecular formula is C33H30FN5O5S2. The monoisotopic (exact) mass is 659 g/mol. The van der Waals surface area contributed by atoms with Crippen molar-refractivity contribution in [2.24, 2.45) is 0 Å². The minimum atomic E-state index is -3.01. The molecule has 4 amide bonds. The van der Waals surface area contributed by atoms with E-state index >= 15 is 4.39 Å². The van der Waals surface area contributed by atoms with Gasteiger partial charge < -0.3 is 15.4 Å². The van der Waals surface area contributed by atoms with Gasteiger partial charge in [-0.2, -0.15) is 0 Å². The smallest absolute Gasteiger partial charge is 0.332 e. The van der Waals surface area contributed by atoms with Crippen LogP contribution in [0.1, 0.15) is 5.56 Å². The fourth-order valence-electron chi connectivity index (χ4n) is 4.96. The first kappa shape index (κ1) is 31.1. The third kappa shape index (κ3) is 7.17. The molecule has 2 N–H and O–H groups in total. The highest BCUT2D eigenvalue weighted by atomic mass is 32.2. The highest BCUT2D eigenvalue weighted by Crippen LogP contribution is 2.40. The van der Waals surface area contributed by atoms with E-state index in [4.69, 9.17) is 4.74 Å². The number of ether oxygens (including phenoxy) is 1. The van der Waals surface area contributed by atoms with Crippen molar-refractivity contribution < 1.29 is 27.1 Å². The van der Waals surface area contributed by atoms with Crippen LogP contribution in [-0.4, -0.2) is 62.0 Å². The van der Waals surface area contributed by atoms with E-state index in [0.29, 0.717) is 36.6 Å². The van der Waals surface area contributed by atoms with Gasteiger partial charge in [-0.1, -0.05) is 42.5 Å². The van der Waals surface area contributed by atoms with Gasteiger partial charge in [-0.25, -0.2) is 27.3 Å². The molecule has 1 saturated heterocycles. The van der Waals surface area contributed by atoms with Crippen LogP contribution in [0.2, 0.25) is 0 Å². The standard InChI is InChI=1S/C33H30FN5O5S2/c1-46(42,43)18-15-35-21-22-7-9-23(10-8-22)30-20-27-31(45-30)29(13-14-36-27)44-28-12-11-24(19-26(28)34)37-32(40)39-17-16-38(33(39)41)25-5-3-2-4-6-25/h2-14,19-20,35H,15-18,21H2,1H3,(H,37,40). The van der Waals surface area contributed by atoms with Gasteiger partial charge in [0.15, 0.2) is 11.6 Å². The molecule has 0 spiro atoms. The van der Waals surface area contributed by atoms with Crippen LogP contribution in [0.25, 0.3) is 20.7 Å². The van der Waals surface area contributed by atoms with Crippen molar-refractivity contribution in [3.8, 4) is 21.9 Å². The summed E-state index contributed by atoms with van der Waals surface area (Å²) in [4.78, 5) is 33.7. The average Bonchev–Trinajstić information content (AvgIpc) is 3.65. The Morgan fingerprint density at radius 2 is 1.78 bits per heavy atom. The number of anilines is 2. The van der Waals surface area contributed by atoms with Crippen LogP contribution < -0.4 is 20.3 Å². The van der Waals surface area contributed by atoms with E-state index in [2.05, 4.69) is 15.6 Å². The molecule has 0 unspecified atom stereocenters. The fraction of sp³-hybridized carbons (Fsp3) is 0.182. The van der Waals surface area contributed by atoms with Crippen LogP contribution in [0.3, 0.4) is 0 Å². The number of halogens is 1. The Hall–Kier alpha value is -4.85. The molecule has 3 aromatic carbocycles. The first-order valence-electron chi connectivity index (χ1n) is 14.4. The molecule has 0 aliphatic carbocycles. The van der Waals surface area contributed by atoms with Crippen LogP contribution in [-0.2, 0) is 16.4 Å². The zero-order chi connectivity index (χ0) is 32.3. The number of fused-ring (bicyclic) bond motifs is 1. The Bertz CT molecular complexity index is 2000. The van der Waals surface area contributed by atoms with E-state index in [1.165, 1.54) is 34.6 Å². The lowest BCUT2D eigenvalue weighted by molar-refractivity contribution is 0.209. The van der Waals surface area contributed by atoms with E-state index in [1.54, 1.807) is 24.4 Å². The molecule has 1 aliphatic heterocycles. The summed E-state index contributed by atoms with van der Waals surface area (Å²) in [5.41, 5.74) is 3.59. The first-order valence-corrected chi connectivity index (χ1v) is 17.3. The second kappa shape index (κ2) is 13.3. The Balaban J connectivity index is 1.10. The number of nitrogens with zero attached hydrogens (tertiary/aromatic N) is 3. The molecule has 0 bridgehead atoms. The normalized spacial score (nSPS) is 13.4. The zero-order valence-corrected chi connectivity index (χ0v) is 26.4. The van der Waals surface area contributed by atoms with Gasteiger partial charge in [-0.05, 0) is 41.5 Å². The third-order valence-corrected chi connectivity index (χ3v) is 9.45. The summed E-state index contributed by atoms with van der Waals surface area (Å²) in [6.45, 7) is 1.51. The van der Waals surface area contributed by atoms with Crippen molar-refractivity contribution in [2.75, 3.05) is 41.9 Å². The summed E-state index contributed by atoms with van der Waals surface area (Å²) in [5.74, 6) is -0.184. The lowest BCUT2D eigenvalue weighted by Crippen LogP contribution is -2.39. The molecule has 6 rings (SSSR count). The van der Waals surface area contributed by atoms with Crippen LogP contribution >= 0.6 is 11.3 Å². The largest absolute Gasteiger partial charge is 0.453 e. The minimum Gasteiger partial charge on any atom is -0.453 e. The van der Waals surface area contributed by atoms with Crippen LogP contribution in [0.15, 0.2) is 91.1 Å². The number of urea groups is 2. The number of aromatic nitrogens is 1. The van der Waals surface area contributed by atoms with E-state index in [0.717, 1.165) is 31.7 Å². The maximum absolute atomic E-state index is 15.2. The molecule has 5 aromatic rings. The number of sulfone groups is 1. The minimum absolute atomic E-state index is 0.0272. The summed E-state index contributed by atoms with van der Waals surface area (Å²) >= 11 is 1.47. The maximum Gasteiger partial charge on any atom is 0.332 e. The maximum atomic E-state index is 15.2. The highest BCUT2D eigenvalue weighted by molar-refractivity contribution is 7.90. The van der Waals surface area contributed by atoms with Crippen LogP contribution in [0.4, 0.5) is 25.4 Å². The number of carbonyl (C=O) groups excluding carboxylic acids is 2. The molecule has 0 saturated carbocycles. The first-order chi connectivity index (χ1) is 22.1. The van der Waals surface area contributed by atoms with Gasteiger partial charge >= 0.3 is 12.1 Å². The molecule has 0 radical (unpaired) electrons. The zero-order valence-electron chi connectivity index (χ0n) is 24.8. The molecule has 236 valence electrons. The van der Waals surface area contributed by atoms with Crippen LogP contribution in [0.5, 0.6) is 11.5 Å². The molecule has 13 heteroatoms. The number of para-hydroxylation sites is 1. The number of amides is 4. The topological polar surface area (TPSA) is 121 Å². The number of hydrogen-bond donors (Lipinski definition) is 2. The quantitative estimate of drug-likeness (QED) is 0.164. The number of benzene rings is 3. The van der Waals surface area contributed by atoms with Crippen molar-refractivity contribution >= 4 is 54.8 Å². The predicted molar refractivity (Wildman–Crippen MR) is 178 cm³/mol. The lowest BCUT2D eigenvalue weighted by atomic mass is 10.1. The summed E-state index contributed by atoms with van der Waals surface area (Å²) in [7, 11) is -3.01. The molecule has 1 aliphatic rings. The highest BCUT2D eigenvalue weighted by Gasteiger charge is 2.34. The number of thiophene rings is 1. The van der Waals surface area contributed by atoms with E-state index in [1.807, 2.05) is 48.5 Å². The van der Waals surface area contributed by atoms with Crippen molar-refractivity contribution in [2.45, 2.75) is 6.54 Å². The van der Waals surface area contributed by atoms with Gasteiger partial charge in [-0.3, -0.25) is 9.88 Å². The second-order valence-corrected chi connectivity index (χ2v) is 14.0. The Morgan fingerprint density at radius 1 is 1.00 bits per heavy atom. The summed E-state index contributed by atoms with van der Waals surface area (Å²) < 4.78 is 44.5. The van der Waals surface area contributed by atoms with Gasteiger partial charge in [0, 0.05) is 60.5 Å². The lowest BCUT2D eigenvalue weighted by Gasteiger charge is -2.18. The molecule has 1 fully saturated rings. The van der Waals surface area contributed by atoms with E-state index in [-0.39, 0.29) is 23.7 Å². The number of pyridine rings is 1. The number of rotatable bonds is 10.